The minimum Gasteiger partial charge on any atom is -0.479 e. The van der Waals surface area contributed by atoms with Crippen LogP contribution in [0.15, 0.2) is 65.1 Å². The molecule has 0 fully saturated rings. The number of azo groups is 1. The highest BCUT2D eigenvalue weighted by Gasteiger charge is 2.38. The van der Waals surface area contributed by atoms with Crippen molar-refractivity contribution in [2.24, 2.45) is 10.2 Å². The summed E-state index contributed by atoms with van der Waals surface area (Å²) in [5.41, 5.74) is -0.690. The Morgan fingerprint density at radius 3 is 2.50 bits per heavy atom. The van der Waals surface area contributed by atoms with Crippen LogP contribution in [0.5, 0.6) is 0 Å². The number of aliphatic carboxylic acids is 1. The van der Waals surface area contributed by atoms with Crippen LogP contribution >= 0.6 is 0 Å². The van der Waals surface area contributed by atoms with Crippen LogP contribution in [0.4, 0.5) is 0 Å². The van der Waals surface area contributed by atoms with Gasteiger partial charge in [-0.25, -0.2) is 4.79 Å². The van der Waals surface area contributed by atoms with Crippen molar-refractivity contribution in [2.45, 2.75) is 5.54 Å². The Morgan fingerprint density at radius 2 is 1.95 bits per heavy atom. The quantitative estimate of drug-likeness (QED) is 0.668. The molecule has 0 saturated carbocycles. The minimum atomic E-state index is -1.75. The lowest BCUT2D eigenvalue weighted by Gasteiger charge is -2.05. The molecule has 100 valence electrons. The standard InChI is InChI=1S/C9H7N.C5H4N2O3/c1-2-6-9-8(4-1)5-3-7-10-9;8-3-5(4(9)10)1-2-6-7-5/h1-7H;1-3H,(H,9,10). The summed E-state index contributed by atoms with van der Waals surface area (Å²) in [6.07, 6.45) is 4.36. The van der Waals surface area contributed by atoms with Crippen LogP contribution in [0.3, 0.4) is 0 Å². The lowest BCUT2D eigenvalue weighted by Crippen LogP contribution is -2.34. The Kier molecular flexibility index (Phi) is 3.95. The van der Waals surface area contributed by atoms with E-state index in [4.69, 9.17) is 5.11 Å². The Labute approximate surface area is 114 Å². The molecule has 0 bridgehead atoms. The molecule has 1 aromatic heterocycles. The van der Waals surface area contributed by atoms with E-state index < -0.39 is 11.5 Å². The normalized spacial score (nSPS) is 19.4. The number of hydrogen-bond acceptors (Lipinski definition) is 5. The van der Waals surface area contributed by atoms with E-state index >= 15 is 0 Å². The molecule has 1 aliphatic rings. The summed E-state index contributed by atoms with van der Waals surface area (Å²) in [5.74, 6) is -1.31. The first-order valence-corrected chi connectivity index (χ1v) is 5.77. The number of benzene rings is 1. The van der Waals surface area contributed by atoms with Crippen LogP contribution in [-0.2, 0) is 9.59 Å². The zero-order valence-corrected chi connectivity index (χ0v) is 10.4. The molecule has 3 rings (SSSR count). The van der Waals surface area contributed by atoms with Gasteiger partial charge in [0.25, 0.3) is 5.54 Å². The van der Waals surface area contributed by atoms with E-state index in [1.54, 1.807) is 0 Å². The molecule has 0 radical (unpaired) electrons. The number of para-hydroxylation sites is 1. The van der Waals surface area contributed by atoms with Gasteiger partial charge in [0, 0.05) is 17.8 Å². The molecule has 1 N–H and O–H groups in total. The predicted octanol–water partition coefficient (Wildman–Crippen LogP) is 2.22. The molecule has 6 nitrogen and oxygen atoms in total. The second-order valence-corrected chi connectivity index (χ2v) is 3.98. The molecule has 1 atom stereocenters. The van der Waals surface area contributed by atoms with Gasteiger partial charge in [-0.3, -0.25) is 9.78 Å². The first kappa shape index (κ1) is 13.5. The number of carbonyl (C=O) groups is 2. The molecule has 0 aliphatic carbocycles. The number of carboxylic acid groups (broad SMARTS) is 1. The fraction of sp³-hybridized carbons (Fsp3) is 0.0714. The van der Waals surface area contributed by atoms with Gasteiger partial charge in [0.15, 0.2) is 6.29 Å². The van der Waals surface area contributed by atoms with E-state index in [2.05, 4.69) is 27.3 Å². The summed E-state index contributed by atoms with van der Waals surface area (Å²) < 4.78 is 0. The number of carbonyl (C=O) groups excluding carboxylic acids is 1. The Morgan fingerprint density at radius 1 is 1.20 bits per heavy atom. The Bertz CT molecular complexity index is 617. The van der Waals surface area contributed by atoms with Gasteiger partial charge in [-0.05, 0) is 18.2 Å². The lowest BCUT2D eigenvalue weighted by molar-refractivity contribution is -0.143. The lowest BCUT2D eigenvalue weighted by atomic mass is 10.1. The SMILES string of the molecule is O=CC1(C(=O)O)C=CN=N1.c1ccc2ncccc2c1. The van der Waals surface area contributed by atoms with Crippen LogP contribution in [0.1, 0.15) is 0 Å². The van der Waals surface area contributed by atoms with Crippen molar-refractivity contribution in [3.05, 3.63) is 54.9 Å². The van der Waals surface area contributed by atoms with Gasteiger partial charge in [-0.2, -0.15) is 10.2 Å². The van der Waals surface area contributed by atoms with Gasteiger partial charge in [0.2, 0.25) is 0 Å². The number of pyridine rings is 1. The second-order valence-electron chi connectivity index (χ2n) is 3.98. The van der Waals surface area contributed by atoms with Crippen molar-refractivity contribution in [1.29, 1.82) is 0 Å². The fourth-order valence-electron chi connectivity index (χ4n) is 1.55. The first-order chi connectivity index (χ1) is 9.68. The first-order valence-electron chi connectivity index (χ1n) is 5.77. The maximum Gasteiger partial charge on any atom is 0.345 e. The molecule has 1 unspecified atom stereocenters. The second kappa shape index (κ2) is 5.83. The zero-order valence-electron chi connectivity index (χ0n) is 10.4. The van der Waals surface area contributed by atoms with Gasteiger partial charge < -0.3 is 5.11 Å². The van der Waals surface area contributed by atoms with E-state index in [0.717, 1.165) is 11.6 Å². The molecule has 0 spiro atoms. The molecule has 0 saturated heterocycles. The van der Waals surface area contributed by atoms with Gasteiger partial charge in [-0.1, -0.05) is 24.3 Å². The van der Waals surface area contributed by atoms with Crippen molar-refractivity contribution in [3.8, 4) is 0 Å². The molecule has 20 heavy (non-hydrogen) atoms. The van der Waals surface area contributed by atoms with Crippen LogP contribution in [0, 0.1) is 0 Å². The van der Waals surface area contributed by atoms with Crippen molar-refractivity contribution >= 4 is 23.2 Å². The van der Waals surface area contributed by atoms with Crippen molar-refractivity contribution < 1.29 is 14.7 Å². The molecule has 2 aromatic rings. The largest absolute Gasteiger partial charge is 0.479 e. The highest BCUT2D eigenvalue weighted by molar-refractivity contribution is 6.00. The van der Waals surface area contributed by atoms with Gasteiger partial charge >= 0.3 is 5.97 Å². The molecule has 1 aromatic carbocycles. The number of carboxylic acids is 1. The van der Waals surface area contributed by atoms with Crippen LogP contribution in [0.2, 0.25) is 0 Å². The summed E-state index contributed by atoms with van der Waals surface area (Å²) >= 11 is 0. The van der Waals surface area contributed by atoms with Gasteiger partial charge in [-0.15, -0.1) is 0 Å². The average molecular weight is 269 g/mol. The summed E-state index contributed by atoms with van der Waals surface area (Å²) in [6, 6.07) is 12.1. The van der Waals surface area contributed by atoms with Crippen molar-refractivity contribution in [3.63, 3.8) is 0 Å². The number of nitrogens with zero attached hydrogens (tertiary/aromatic N) is 3. The topological polar surface area (TPSA) is 92.0 Å². The Hall–Kier alpha value is -2.89. The van der Waals surface area contributed by atoms with Crippen LogP contribution in [0.25, 0.3) is 10.9 Å². The number of fused-ring (bicyclic) bond motifs is 1. The van der Waals surface area contributed by atoms with Gasteiger partial charge in [0.05, 0.1) is 5.52 Å². The Balaban J connectivity index is 0.000000147. The molecule has 2 heterocycles. The zero-order chi connectivity index (χ0) is 14.4. The van der Waals surface area contributed by atoms with E-state index in [-0.39, 0.29) is 6.29 Å². The third-order valence-electron chi connectivity index (χ3n) is 2.65. The summed E-state index contributed by atoms with van der Waals surface area (Å²) in [6.45, 7) is 0. The number of rotatable bonds is 2. The smallest absolute Gasteiger partial charge is 0.345 e. The van der Waals surface area contributed by atoms with Crippen LogP contribution in [-0.4, -0.2) is 27.9 Å². The molecule has 1 aliphatic heterocycles. The van der Waals surface area contributed by atoms with E-state index in [9.17, 15) is 9.59 Å². The van der Waals surface area contributed by atoms with Crippen LogP contribution < -0.4 is 0 Å². The molecular formula is C14H11N3O3. The predicted molar refractivity (Wildman–Crippen MR) is 72.2 cm³/mol. The number of aromatic nitrogens is 1. The van der Waals surface area contributed by atoms with E-state index in [0.29, 0.717) is 0 Å². The summed E-state index contributed by atoms with van der Waals surface area (Å²) in [7, 11) is 0. The van der Waals surface area contributed by atoms with E-state index in [1.165, 1.54) is 11.6 Å². The highest BCUT2D eigenvalue weighted by atomic mass is 16.4. The fourth-order valence-corrected chi connectivity index (χ4v) is 1.55. The maximum absolute atomic E-state index is 10.3. The van der Waals surface area contributed by atoms with Crippen molar-refractivity contribution in [2.75, 3.05) is 0 Å². The molecule has 6 heteroatoms. The minimum absolute atomic E-state index is 0.238. The average Bonchev–Trinajstić information content (AvgIpc) is 2.98. The summed E-state index contributed by atoms with van der Waals surface area (Å²) in [5, 5.41) is 16.1. The number of hydrogen-bond donors (Lipinski definition) is 1. The summed E-state index contributed by atoms with van der Waals surface area (Å²) in [4.78, 5) is 24.7. The highest BCUT2D eigenvalue weighted by Crippen LogP contribution is 2.16. The monoisotopic (exact) mass is 269 g/mol. The number of aldehydes is 1. The van der Waals surface area contributed by atoms with Crippen molar-refractivity contribution in [1.82, 2.24) is 4.98 Å². The third kappa shape index (κ3) is 2.74. The molecule has 0 amide bonds. The molecular weight excluding hydrogens is 258 g/mol. The van der Waals surface area contributed by atoms with E-state index in [1.807, 2.05) is 30.5 Å². The maximum atomic E-state index is 10.3. The van der Waals surface area contributed by atoms with Gasteiger partial charge in [0.1, 0.15) is 0 Å². The third-order valence-corrected chi connectivity index (χ3v) is 2.65.